The van der Waals surface area contributed by atoms with Crippen molar-refractivity contribution in [2.24, 2.45) is 0 Å². The van der Waals surface area contributed by atoms with Gasteiger partial charge in [0.15, 0.2) is 0 Å². The molecular weight excluding hydrogens is 212 g/mol. The van der Waals surface area contributed by atoms with Crippen molar-refractivity contribution in [3.05, 3.63) is 28.3 Å². The van der Waals surface area contributed by atoms with Gasteiger partial charge in [0.1, 0.15) is 4.90 Å². The van der Waals surface area contributed by atoms with E-state index in [0.717, 1.165) is 6.07 Å². The monoisotopic (exact) mass is 217 g/mol. The van der Waals surface area contributed by atoms with Crippen LogP contribution in [-0.4, -0.2) is 17.9 Å². The fraction of sp³-hybridized carbons (Fsp3) is 0. The average Bonchev–Trinajstić information content (AvgIpc) is 2.01. The third-order valence-electron chi connectivity index (χ3n) is 1.34. The lowest BCUT2D eigenvalue weighted by molar-refractivity contribution is -0.385. The maximum absolute atomic E-state index is 10.6. The summed E-state index contributed by atoms with van der Waals surface area (Å²) in [4.78, 5) is 8.75. The van der Waals surface area contributed by atoms with Crippen LogP contribution in [0.1, 0.15) is 0 Å². The van der Waals surface area contributed by atoms with Crippen molar-refractivity contribution in [2.75, 3.05) is 5.73 Å². The minimum atomic E-state index is -4.52. The number of nitro benzene ring substituents is 1. The molecule has 0 aliphatic carbocycles. The van der Waals surface area contributed by atoms with Gasteiger partial charge in [0.25, 0.3) is 15.8 Å². The number of nitro groups is 1. The van der Waals surface area contributed by atoms with Crippen LogP contribution in [0.25, 0.3) is 0 Å². The second-order valence-corrected chi connectivity index (χ2v) is 3.78. The largest absolute Gasteiger partial charge is 0.398 e. The molecular formula is C6H5N2O5S. The van der Waals surface area contributed by atoms with E-state index in [0.29, 0.717) is 6.07 Å². The molecule has 0 aliphatic heterocycles. The first-order valence-electron chi connectivity index (χ1n) is 3.25. The van der Waals surface area contributed by atoms with Crippen LogP contribution in [0.4, 0.5) is 11.4 Å². The second-order valence-electron chi connectivity index (χ2n) is 2.39. The molecule has 0 saturated carbocycles. The third-order valence-corrected chi connectivity index (χ3v) is 2.11. The van der Waals surface area contributed by atoms with Crippen molar-refractivity contribution < 1.29 is 17.9 Å². The van der Waals surface area contributed by atoms with Crippen LogP contribution < -0.4 is 5.73 Å². The van der Waals surface area contributed by atoms with Crippen molar-refractivity contribution in [2.45, 2.75) is 4.90 Å². The van der Waals surface area contributed by atoms with Gasteiger partial charge in [0.2, 0.25) is 0 Å². The number of rotatable bonds is 2. The Balaban J connectivity index is 3.43. The summed E-state index contributed by atoms with van der Waals surface area (Å²) < 4.78 is 29.8. The van der Waals surface area contributed by atoms with Gasteiger partial charge in [-0.25, -0.2) is 0 Å². The van der Waals surface area contributed by atoms with Crippen molar-refractivity contribution in [3.8, 4) is 0 Å². The Hall–Kier alpha value is -1.67. The standard InChI is InChI=1S/C6H5N2O5S/c7-4-1-5(8(9)10)3-6(2-4)14(11,12)13/h1,3H,7H2,(H,11,12,13). The summed E-state index contributed by atoms with van der Waals surface area (Å²) in [5.41, 5.74) is 4.41. The summed E-state index contributed by atoms with van der Waals surface area (Å²) in [7, 11) is -4.52. The van der Waals surface area contributed by atoms with Gasteiger partial charge in [0, 0.05) is 23.9 Å². The van der Waals surface area contributed by atoms with Gasteiger partial charge in [-0.15, -0.1) is 0 Å². The summed E-state index contributed by atoms with van der Waals surface area (Å²) in [6.45, 7) is 0. The molecule has 1 rings (SSSR count). The summed E-state index contributed by atoms with van der Waals surface area (Å²) in [5, 5.41) is 10.3. The number of hydrogen-bond donors (Lipinski definition) is 2. The number of hydrogen-bond acceptors (Lipinski definition) is 5. The van der Waals surface area contributed by atoms with Crippen LogP contribution in [0.3, 0.4) is 0 Å². The Labute approximate surface area is 79.1 Å². The number of benzene rings is 1. The molecule has 1 radical (unpaired) electrons. The van der Waals surface area contributed by atoms with Crippen molar-refractivity contribution in [1.82, 2.24) is 0 Å². The fourth-order valence-corrected chi connectivity index (χ4v) is 1.31. The zero-order chi connectivity index (χ0) is 10.9. The highest BCUT2D eigenvalue weighted by molar-refractivity contribution is 7.85. The lowest BCUT2D eigenvalue weighted by Crippen LogP contribution is -2.01. The Morgan fingerprint density at radius 3 is 2.50 bits per heavy atom. The van der Waals surface area contributed by atoms with Gasteiger partial charge >= 0.3 is 0 Å². The highest BCUT2D eigenvalue weighted by Crippen LogP contribution is 2.20. The zero-order valence-electron chi connectivity index (χ0n) is 6.67. The number of anilines is 1. The van der Waals surface area contributed by atoms with E-state index in [1.165, 1.54) is 0 Å². The molecule has 75 valence electrons. The quantitative estimate of drug-likeness (QED) is 0.316. The van der Waals surface area contributed by atoms with Crippen molar-refractivity contribution in [1.29, 1.82) is 0 Å². The molecule has 7 nitrogen and oxygen atoms in total. The third kappa shape index (κ3) is 2.18. The molecule has 0 fully saturated rings. The van der Waals surface area contributed by atoms with Gasteiger partial charge in [-0.2, -0.15) is 8.42 Å². The first-order chi connectivity index (χ1) is 6.30. The second kappa shape index (κ2) is 3.24. The molecule has 0 unspecified atom stereocenters. The Bertz CT molecular complexity index is 481. The highest BCUT2D eigenvalue weighted by Gasteiger charge is 2.16. The Morgan fingerprint density at radius 1 is 1.50 bits per heavy atom. The van der Waals surface area contributed by atoms with Gasteiger partial charge in [-0.05, 0) is 0 Å². The number of nitrogens with two attached hydrogens (primary N) is 1. The van der Waals surface area contributed by atoms with Gasteiger partial charge in [-0.3, -0.25) is 14.7 Å². The molecule has 0 amide bonds. The molecule has 0 spiro atoms. The normalized spacial score (nSPS) is 11.2. The van der Waals surface area contributed by atoms with E-state index in [9.17, 15) is 18.5 Å². The Kier molecular flexibility index (Phi) is 2.41. The molecule has 3 N–H and O–H groups in total. The van der Waals surface area contributed by atoms with Gasteiger partial charge < -0.3 is 5.73 Å². The molecule has 0 aliphatic rings. The lowest BCUT2D eigenvalue weighted by Gasteiger charge is -1.98. The van der Waals surface area contributed by atoms with Crippen molar-refractivity contribution >= 4 is 21.5 Å². The zero-order valence-corrected chi connectivity index (χ0v) is 7.48. The van der Waals surface area contributed by atoms with Crippen molar-refractivity contribution in [3.63, 3.8) is 0 Å². The van der Waals surface area contributed by atoms with Gasteiger partial charge in [-0.1, -0.05) is 0 Å². The number of nitrogen functional groups attached to an aromatic ring is 1. The average molecular weight is 217 g/mol. The van der Waals surface area contributed by atoms with E-state index in [4.69, 9.17) is 10.3 Å². The first kappa shape index (κ1) is 10.4. The molecule has 8 heteroatoms. The molecule has 0 bridgehead atoms. The maximum Gasteiger partial charge on any atom is 0.295 e. The summed E-state index contributed by atoms with van der Waals surface area (Å²) >= 11 is 0. The molecule has 0 heterocycles. The molecule has 1 aromatic carbocycles. The SMILES string of the molecule is Nc1[c]c(S(=O)(=O)O)cc([N+](=O)[O-])c1. The molecule has 0 aromatic heterocycles. The minimum Gasteiger partial charge on any atom is -0.398 e. The molecule has 1 aromatic rings. The van der Waals surface area contributed by atoms with E-state index >= 15 is 0 Å². The van der Waals surface area contributed by atoms with Crippen LogP contribution in [0.5, 0.6) is 0 Å². The van der Waals surface area contributed by atoms with Crippen LogP contribution in [0.15, 0.2) is 17.0 Å². The van der Waals surface area contributed by atoms with Crippen LogP contribution >= 0.6 is 0 Å². The molecule has 14 heavy (non-hydrogen) atoms. The molecule has 0 atom stereocenters. The fourth-order valence-electron chi connectivity index (χ4n) is 0.794. The highest BCUT2D eigenvalue weighted by atomic mass is 32.2. The minimum absolute atomic E-state index is 0.230. The van der Waals surface area contributed by atoms with Crippen LogP contribution in [0, 0.1) is 16.2 Å². The van der Waals surface area contributed by atoms with Crippen LogP contribution in [0.2, 0.25) is 0 Å². The Morgan fingerprint density at radius 2 is 2.07 bits per heavy atom. The van der Waals surface area contributed by atoms with E-state index < -0.39 is 25.6 Å². The predicted molar refractivity (Wildman–Crippen MR) is 46.2 cm³/mol. The first-order valence-corrected chi connectivity index (χ1v) is 4.69. The number of nitrogens with zero attached hydrogens (tertiary/aromatic N) is 1. The van der Waals surface area contributed by atoms with Crippen LogP contribution in [-0.2, 0) is 10.1 Å². The lowest BCUT2D eigenvalue weighted by atomic mass is 10.3. The maximum atomic E-state index is 10.6. The topological polar surface area (TPSA) is 124 Å². The van der Waals surface area contributed by atoms with E-state index in [-0.39, 0.29) is 5.69 Å². The van der Waals surface area contributed by atoms with E-state index in [2.05, 4.69) is 6.07 Å². The molecule has 0 saturated heterocycles. The van der Waals surface area contributed by atoms with E-state index in [1.807, 2.05) is 0 Å². The summed E-state index contributed by atoms with van der Waals surface area (Å²) in [5.74, 6) is 0. The van der Waals surface area contributed by atoms with Gasteiger partial charge in [0.05, 0.1) is 4.92 Å². The van der Waals surface area contributed by atoms with E-state index in [1.54, 1.807) is 0 Å². The predicted octanol–water partition coefficient (Wildman–Crippen LogP) is 0.224. The smallest absolute Gasteiger partial charge is 0.295 e. The number of non-ortho nitro benzene ring substituents is 1. The summed E-state index contributed by atoms with van der Waals surface area (Å²) in [6.07, 6.45) is 0. The summed E-state index contributed by atoms with van der Waals surface area (Å²) in [6, 6.07) is 3.69.